The first-order valence-electron chi connectivity index (χ1n) is 9.21. The first-order valence-corrected chi connectivity index (χ1v) is 13.5. The summed E-state index contributed by atoms with van der Waals surface area (Å²) >= 11 is 5.69. The molecule has 1 fully saturated rings. The van der Waals surface area contributed by atoms with Crippen LogP contribution >= 0.6 is 22.9 Å². The lowest BCUT2D eigenvalue weighted by atomic mass is 10.1. The van der Waals surface area contributed by atoms with E-state index in [9.17, 15) is 27.9 Å². The molecule has 1 saturated heterocycles. The molecule has 11 heteroatoms. The molecule has 3 aromatic rings. The summed E-state index contributed by atoms with van der Waals surface area (Å²) in [5.41, 5.74) is 0.314. The number of carbonyl (C=O) groups is 1. The van der Waals surface area contributed by atoms with E-state index in [-0.39, 0.29) is 4.34 Å². The van der Waals surface area contributed by atoms with Gasteiger partial charge in [-0.25, -0.2) is 8.42 Å². The van der Waals surface area contributed by atoms with Crippen LogP contribution in [0.2, 0.25) is 4.34 Å². The maximum atomic E-state index is 12.3. The molecule has 4 rings (SSSR count). The smallest absolute Gasteiger partial charge is 0.300 e. The van der Waals surface area contributed by atoms with Gasteiger partial charge in [-0.2, -0.15) is 0 Å². The molecule has 0 saturated carbocycles. The third-order valence-corrected chi connectivity index (χ3v) is 9.62. The second-order valence-corrected chi connectivity index (χ2v) is 12.4. The van der Waals surface area contributed by atoms with E-state index >= 15 is 0 Å². The second-order valence-electron chi connectivity index (χ2n) is 6.79. The molecule has 0 amide bonds. The van der Waals surface area contributed by atoms with E-state index < -0.39 is 24.9 Å². The molecule has 0 aliphatic carbocycles. The lowest BCUT2D eigenvalue weighted by molar-refractivity contribution is -0.384. The molecular formula is C20H18ClNO6S3. The highest BCUT2D eigenvalue weighted by molar-refractivity contribution is 7.97. The van der Waals surface area contributed by atoms with Crippen LogP contribution in [0.1, 0.15) is 23.2 Å². The minimum atomic E-state index is -4.66. The molecule has 0 spiro atoms. The Morgan fingerprint density at radius 2 is 1.74 bits per heavy atom. The van der Waals surface area contributed by atoms with Crippen molar-refractivity contribution in [3.8, 4) is 0 Å². The van der Waals surface area contributed by atoms with Crippen molar-refractivity contribution in [3.63, 3.8) is 0 Å². The zero-order valence-electron chi connectivity index (χ0n) is 16.2. The van der Waals surface area contributed by atoms with Gasteiger partial charge in [-0.15, -0.1) is 11.3 Å². The van der Waals surface area contributed by atoms with Gasteiger partial charge < -0.3 is 4.55 Å². The number of benzene rings is 2. The van der Waals surface area contributed by atoms with Gasteiger partial charge >= 0.3 is 0 Å². The van der Waals surface area contributed by atoms with E-state index in [2.05, 4.69) is 18.2 Å². The summed E-state index contributed by atoms with van der Waals surface area (Å²) < 4.78 is 30.2. The molecule has 0 bridgehead atoms. The molecule has 2 heterocycles. The van der Waals surface area contributed by atoms with Gasteiger partial charge in [-0.05, 0) is 40.6 Å². The number of ketones is 1. The van der Waals surface area contributed by atoms with Crippen molar-refractivity contribution >= 4 is 66.2 Å². The molecule has 0 N–H and O–H groups in total. The van der Waals surface area contributed by atoms with E-state index in [0.717, 1.165) is 16.7 Å². The lowest BCUT2D eigenvalue weighted by Gasteiger charge is -2.03. The Hall–Kier alpha value is -1.98. The Bertz CT molecular complexity index is 1220. The number of rotatable bonds is 5. The van der Waals surface area contributed by atoms with E-state index in [0.29, 0.717) is 34.1 Å². The van der Waals surface area contributed by atoms with Gasteiger partial charge in [0.1, 0.15) is 25.8 Å². The largest absolute Gasteiger partial charge is 0.743 e. The van der Waals surface area contributed by atoms with Crippen LogP contribution in [0.4, 0.5) is 5.69 Å². The Kier molecular flexibility index (Phi) is 7.71. The highest BCUT2D eigenvalue weighted by Gasteiger charge is 2.27. The maximum absolute atomic E-state index is 12.3. The van der Waals surface area contributed by atoms with E-state index in [1.165, 1.54) is 29.7 Å². The van der Waals surface area contributed by atoms with Crippen LogP contribution in [0.5, 0.6) is 0 Å². The normalized spacial score (nSPS) is 14.3. The van der Waals surface area contributed by atoms with Crippen LogP contribution in [-0.2, 0) is 21.0 Å². The predicted molar refractivity (Wildman–Crippen MR) is 123 cm³/mol. The first-order chi connectivity index (χ1) is 14.6. The monoisotopic (exact) mass is 499 g/mol. The van der Waals surface area contributed by atoms with Gasteiger partial charge in [0.2, 0.25) is 5.78 Å². The predicted octanol–water partition coefficient (Wildman–Crippen LogP) is 4.65. The van der Waals surface area contributed by atoms with Crippen molar-refractivity contribution in [2.45, 2.75) is 17.1 Å². The molecule has 0 atom stereocenters. The van der Waals surface area contributed by atoms with Crippen LogP contribution in [0.25, 0.3) is 10.8 Å². The molecule has 0 unspecified atom stereocenters. The fourth-order valence-corrected chi connectivity index (χ4v) is 7.34. The SMILES string of the molecule is O=C(C[S+]1CCCC1)c1ccc2ccccc2c1.O=[N+]([O-])c1cc(S(=O)(=O)[O-])sc1Cl. The summed E-state index contributed by atoms with van der Waals surface area (Å²) in [5.74, 6) is 3.61. The van der Waals surface area contributed by atoms with Crippen LogP contribution < -0.4 is 0 Å². The second kappa shape index (κ2) is 10.1. The molecule has 1 aliphatic rings. The van der Waals surface area contributed by atoms with E-state index in [1.807, 2.05) is 24.3 Å². The number of hydrogen-bond acceptors (Lipinski definition) is 7. The first kappa shape index (κ1) is 23.7. The van der Waals surface area contributed by atoms with Gasteiger partial charge in [0.05, 0.1) is 4.92 Å². The molecule has 2 aromatic carbocycles. The number of hydrogen-bond donors (Lipinski definition) is 0. The molecule has 7 nitrogen and oxygen atoms in total. The van der Waals surface area contributed by atoms with E-state index in [1.54, 1.807) is 0 Å². The molecule has 164 valence electrons. The van der Waals surface area contributed by atoms with Gasteiger partial charge in [-0.1, -0.05) is 48.0 Å². The fourth-order valence-electron chi connectivity index (χ4n) is 3.08. The average molecular weight is 500 g/mol. The van der Waals surface area contributed by atoms with Crippen molar-refractivity contribution in [2.75, 3.05) is 17.3 Å². The standard InChI is InChI=1S/C16H17OS.C4H2ClNO5S2/c17-16(12-18-9-3-4-10-18)15-8-7-13-5-1-2-6-14(13)11-15;5-4-2(6(7)8)1-3(12-4)13(9,10)11/h1-2,5-8,11H,3-4,9-10,12H2;1H,(H,9,10,11)/q+1;/p-1. The summed E-state index contributed by atoms with van der Waals surface area (Å²) in [7, 11) is -4.30. The Morgan fingerprint density at radius 1 is 1.10 bits per heavy atom. The molecule has 1 aromatic heterocycles. The van der Waals surface area contributed by atoms with E-state index in [4.69, 9.17) is 11.6 Å². The molecule has 1 aliphatic heterocycles. The van der Waals surface area contributed by atoms with Crippen molar-refractivity contribution in [1.82, 2.24) is 0 Å². The van der Waals surface area contributed by atoms with Crippen molar-refractivity contribution in [1.29, 1.82) is 0 Å². The molecule has 0 radical (unpaired) electrons. The third kappa shape index (κ3) is 6.27. The number of halogens is 1. The minimum absolute atomic E-state index is 0.320. The average Bonchev–Trinajstić information content (AvgIpc) is 3.37. The quantitative estimate of drug-likeness (QED) is 0.166. The zero-order valence-corrected chi connectivity index (χ0v) is 19.4. The summed E-state index contributed by atoms with van der Waals surface area (Å²) in [5, 5.41) is 12.6. The molecular weight excluding hydrogens is 482 g/mol. The summed E-state index contributed by atoms with van der Waals surface area (Å²) in [6, 6.07) is 14.9. The van der Waals surface area contributed by atoms with Crippen molar-refractivity contribution in [2.24, 2.45) is 0 Å². The van der Waals surface area contributed by atoms with Crippen LogP contribution in [0.3, 0.4) is 0 Å². The number of fused-ring (bicyclic) bond motifs is 1. The number of thiophene rings is 1. The summed E-state index contributed by atoms with van der Waals surface area (Å²) in [6.07, 6.45) is 2.63. The topological polar surface area (TPSA) is 117 Å². The van der Waals surface area contributed by atoms with Gasteiger partial charge in [-0.3, -0.25) is 14.9 Å². The van der Waals surface area contributed by atoms with Crippen LogP contribution in [0, 0.1) is 10.1 Å². The number of nitro groups is 1. The highest BCUT2D eigenvalue weighted by Crippen LogP contribution is 2.35. The summed E-state index contributed by atoms with van der Waals surface area (Å²) in [6.45, 7) is 0. The minimum Gasteiger partial charge on any atom is -0.743 e. The van der Waals surface area contributed by atoms with Crippen molar-refractivity contribution in [3.05, 3.63) is 68.5 Å². The third-order valence-electron chi connectivity index (χ3n) is 4.61. The Morgan fingerprint density at radius 3 is 2.29 bits per heavy atom. The zero-order chi connectivity index (χ0) is 22.6. The lowest BCUT2D eigenvalue weighted by Crippen LogP contribution is -2.17. The highest BCUT2D eigenvalue weighted by atomic mass is 35.5. The van der Waals surface area contributed by atoms with Gasteiger partial charge in [0.25, 0.3) is 5.69 Å². The van der Waals surface area contributed by atoms with Crippen LogP contribution in [-0.4, -0.2) is 40.9 Å². The van der Waals surface area contributed by atoms with Gasteiger partial charge in [0, 0.05) is 11.6 Å². The fraction of sp³-hybridized carbons (Fsp3) is 0.250. The number of carbonyl (C=O) groups excluding carboxylic acids is 1. The number of Topliss-reactive ketones (excluding diaryl/α,β-unsaturated/α-hetero) is 1. The van der Waals surface area contributed by atoms with Crippen molar-refractivity contribution < 1.29 is 22.7 Å². The van der Waals surface area contributed by atoms with Gasteiger partial charge in [0.15, 0.2) is 10.1 Å². The maximum Gasteiger partial charge on any atom is 0.300 e. The number of nitrogens with zero attached hydrogens (tertiary/aromatic N) is 1. The summed E-state index contributed by atoms with van der Waals surface area (Å²) in [4.78, 5) is 21.6. The Labute approximate surface area is 191 Å². The van der Waals surface area contributed by atoms with Crippen LogP contribution in [0.15, 0.2) is 52.7 Å². The Balaban J connectivity index is 0.000000187. The molecule has 31 heavy (non-hydrogen) atoms.